The molecule has 3 fully saturated rings. The Bertz CT molecular complexity index is 1530. The van der Waals surface area contributed by atoms with Crippen molar-refractivity contribution in [2.45, 2.75) is 76.0 Å². The van der Waals surface area contributed by atoms with Gasteiger partial charge in [-0.2, -0.15) is 5.26 Å². The van der Waals surface area contributed by atoms with Crippen molar-refractivity contribution in [3.8, 4) is 22.3 Å². The summed E-state index contributed by atoms with van der Waals surface area (Å²) in [6, 6.07) is 14.3. The van der Waals surface area contributed by atoms with Crippen LogP contribution in [0.3, 0.4) is 0 Å². The van der Waals surface area contributed by atoms with Crippen molar-refractivity contribution < 1.29 is 19.1 Å². The van der Waals surface area contributed by atoms with Crippen molar-refractivity contribution in [2.75, 3.05) is 25.7 Å². The lowest BCUT2D eigenvalue weighted by Crippen LogP contribution is -2.42. The van der Waals surface area contributed by atoms with E-state index in [1.807, 2.05) is 23.2 Å². The number of hydrogen-bond donors (Lipinski definition) is 0. The summed E-state index contributed by atoms with van der Waals surface area (Å²) >= 11 is 1.76. The van der Waals surface area contributed by atoms with Crippen LogP contribution in [0.1, 0.15) is 92.4 Å². The van der Waals surface area contributed by atoms with Crippen LogP contribution in [0.15, 0.2) is 42.6 Å². The lowest BCUT2D eigenvalue weighted by molar-refractivity contribution is -0.147. The molecule has 0 unspecified atom stereocenters. The number of ether oxygens (including phenoxy) is 2. The summed E-state index contributed by atoms with van der Waals surface area (Å²) in [6.07, 6.45) is 11.1. The van der Waals surface area contributed by atoms with Crippen molar-refractivity contribution in [1.82, 2.24) is 9.97 Å². The molecule has 0 spiro atoms. The van der Waals surface area contributed by atoms with Gasteiger partial charge in [-0.1, -0.05) is 12.1 Å². The smallest absolute Gasteiger partial charge is 0.308 e. The molecular formula is C35H40N4O4S. The Morgan fingerprint density at radius 1 is 0.955 bits per heavy atom. The maximum atomic E-state index is 14.2. The normalized spacial score (nSPS) is 23.4. The Morgan fingerprint density at radius 3 is 2.36 bits per heavy atom. The lowest BCUT2D eigenvalue weighted by atomic mass is 9.79. The van der Waals surface area contributed by atoms with E-state index in [1.165, 1.54) is 25.0 Å². The SMILES string of the molecule is COC(=O)C1CCC(C(=O)N(C[C@H]2CC[C@H](c3ccc(OC)c(C#N)n3)CC2)c2cccc(-c3cnc(C4CC4)s3)c2)CC1. The van der Waals surface area contributed by atoms with Gasteiger partial charge in [0.25, 0.3) is 0 Å². The van der Waals surface area contributed by atoms with Gasteiger partial charge in [0.1, 0.15) is 6.07 Å². The van der Waals surface area contributed by atoms with E-state index in [-0.39, 0.29) is 29.6 Å². The number of nitriles is 1. The van der Waals surface area contributed by atoms with Crippen molar-refractivity contribution in [2.24, 2.45) is 17.8 Å². The number of hydrogen-bond acceptors (Lipinski definition) is 8. The van der Waals surface area contributed by atoms with Gasteiger partial charge in [0.2, 0.25) is 5.91 Å². The molecule has 8 nitrogen and oxygen atoms in total. The summed E-state index contributed by atoms with van der Waals surface area (Å²) < 4.78 is 10.3. The number of aromatic nitrogens is 2. The minimum atomic E-state index is -0.166. The third kappa shape index (κ3) is 6.66. The summed E-state index contributed by atoms with van der Waals surface area (Å²) in [4.78, 5) is 38.8. The highest BCUT2D eigenvalue weighted by Crippen LogP contribution is 2.44. The maximum Gasteiger partial charge on any atom is 0.308 e. The van der Waals surface area contributed by atoms with Crippen LogP contribution >= 0.6 is 11.3 Å². The molecule has 0 aliphatic heterocycles. The van der Waals surface area contributed by atoms with Crippen LogP contribution in [0.4, 0.5) is 5.69 Å². The molecule has 2 aromatic heterocycles. The first-order valence-electron chi connectivity index (χ1n) is 15.9. The number of methoxy groups -OCH3 is 2. The molecule has 0 radical (unpaired) electrons. The van der Waals surface area contributed by atoms with Crippen LogP contribution in [0, 0.1) is 29.1 Å². The Balaban J connectivity index is 1.19. The molecule has 0 saturated heterocycles. The highest BCUT2D eigenvalue weighted by molar-refractivity contribution is 7.15. The third-order valence-electron chi connectivity index (χ3n) is 9.68. The predicted octanol–water partition coefficient (Wildman–Crippen LogP) is 7.25. The minimum absolute atomic E-state index is 0.103. The lowest BCUT2D eigenvalue weighted by Gasteiger charge is -2.36. The van der Waals surface area contributed by atoms with E-state index in [0.29, 0.717) is 55.5 Å². The number of rotatable bonds is 9. The fourth-order valence-electron chi connectivity index (χ4n) is 6.89. The first-order valence-corrected chi connectivity index (χ1v) is 16.7. The van der Waals surface area contributed by atoms with E-state index in [2.05, 4.69) is 40.3 Å². The molecular weight excluding hydrogens is 572 g/mol. The van der Waals surface area contributed by atoms with E-state index >= 15 is 0 Å². The summed E-state index contributed by atoms with van der Waals surface area (Å²) in [6.45, 7) is 0.668. The highest BCUT2D eigenvalue weighted by atomic mass is 32.1. The minimum Gasteiger partial charge on any atom is -0.494 e. The summed E-state index contributed by atoms with van der Waals surface area (Å²) in [5.41, 5.74) is 3.30. The first kappa shape index (κ1) is 30.3. The number of carbonyl (C=O) groups is 2. The number of esters is 1. The van der Waals surface area contributed by atoms with E-state index in [4.69, 9.17) is 9.47 Å². The average molecular weight is 613 g/mol. The van der Waals surface area contributed by atoms with Gasteiger partial charge < -0.3 is 14.4 Å². The largest absolute Gasteiger partial charge is 0.494 e. The van der Waals surface area contributed by atoms with Gasteiger partial charge in [-0.3, -0.25) is 9.59 Å². The highest BCUT2D eigenvalue weighted by Gasteiger charge is 2.35. The average Bonchev–Trinajstić information content (AvgIpc) is 3.82. The number of amides is 1. The van der Waals surface area contributed by atoms with Gasteiger partial charge in [-0.25, -0.2) is 9.97 Å². The Morgan fingerprint density at radius 2 is 1.68 bits per heavy atom. The molecule has 2 heterocycles. The molecule has 6 rings (SSSR count). The molecule has 44 heavy (non-hydrogen) atoms. The Hall–Kier alpha value is -3.77. The molecule has 0 atom stereocenters. The number of pyridine rings is 1. The van der Waals surface area contributed by atoms with Crippen molar-refractivity contribution in [3.05, 3.63) is 59.0 Å². The van der Waals surface area contributed by atoms with Gasteiger partial charge in [0.15, 0.2) is 11.4 Å². The third-order valence-corrected chi connectivity index (χ3v) is 10.9. The quantitative estimate of drug-likeness (QED) is 0.234. The van der Waals surface area contributed by atoms with E-state index in [9.17, 15) is 14.9 Å². The fraction of sp³-hybridized carbons (Fsp3) is 0.514. The Kier molecular flexibility index (Phi) is 9.27. The van der Waals surface area contributed by atoms with Crippen molar-refractivity contribution in [3.63, 3.8) is 0 Å². The number of benzene rings is 1. The molecule has 1 aromatic carbocycles. The van der Waals surface area contributed by atoms with Gasteiger partial charge in [-0.15, -0.1) is 11.3 Å². The number of anilines is 1. The van der Waals surface area contributed by atoms with Gasteiger partial charge in [0.05, 0.1) is 30.0 Å². The zero-order valence-electron chi connectivity index (χ0n) is 25.5. The van der Waals surface area contributed by atoms with E-state index in [0.717, 1.165) is 47.5 Å². The molecule has 9 heteroatoms. The molecule has 3 aliphatic carbocycles. The van der Waals surface area contributed by atoms with Crippen LogP contribution in [-0.4, -0.2) is 42.6 Å². The van der Waals surface area contributed by atoms with Gasteiger partial charge >= 0.3 is 5.97 Å². The molecule has 0 N–H and O–H groups in total. The summed E-state index contributed by atoms with van der Waals surface area (Å²) in [5, 5.41) is 10.7. The monoisotopic (exact) mass is 612 g/mol. The first-order chi connectivity index (χ1) is 21.5. The molecule has 1 amide bonds. The van der Waals surface area contributed by atoms with Crippen LogP contribution in [-0.2, 0) is 14.3 Å². The van der Waals surface area contributed by atoms with Crippen LogP contribution in [0.25, 0.3) is 10.4 Å². The molecule has 3 aliphatic rings. The fourth-order valence-corrected chi connectivity index (χ4v) is 7.97. The maximum absolute atomic E-state index is 14.2. The number of nitrogens with zero attached hydrogens (tertiary/aromatic N) is 4. The molecule has 3 saturated carbocycles. The number of thiazole rings is 1. The summed E-state index contributed by atoms with van der Waals surface area (Å²) in [7, 11) is 2.99. The second-order valence-corrected chi connectivity index (χ2v) is 13.6. The van der Waals surface area contributed by atoms with E-state index in [1.54, 1.807) is 18.4 Å². The molecule has 230 valence electrons. The zero-order chi connectivity index (χ0) is 30.6. The predicted molar refractivity (Wildman–Crippen MR) is 170 cm³/mol. The molecule has 0 bridgehead atoms. The summed E-state index contributed by atoms with van der Waals surface area (Å²) in [5.74, 6) is 1.55. The zero-order valence-corrected chi connectivity index (χ0v) is 26.4. The van der Waals surface area contributed by atoms with Gasteiger partial charge in [0, 0.05) is 41.9 Å². The van der Waals surface area contributed by atoms with Crippen LogP contribution < -0.4 is 9.64 Å². The number of carbonyl (C=O) groups excluding carboxylic acids is 2. The second-order valence-electron chi connectivity index (χ2n) is 12.5. The van der Waals surface area contributed by atoms with Crippen LogP contribution in [0.2, 0.25) is 0 Å². The standard InChI is InChI=1S/C35H40N4O4S/c1-42-31-17-16-29(38-30(31)19-36)23-8-6-22(7-9-23)21-39(34(40)25-12-14-26(15-13-25)35(41)43-2)28-5-3-4-27(18-28)32-20-37-33(44-32)24-10-11-24/h3-5,16-18,20,22-26H,6-15,21H2,1-2H3/t22-,23-,25?,26?. The Labute approximate surface area is 263 Å². The molecule has 3 aromatic rings. The second kappa shape index (κ2) is 13.5. The van der Waals surface area contributed by atoms with E-state index < -0.39 is 0 Å². The van der Waals surface area contributed by atoms with Gasteiger partial charge in [-0.05, 0) is 100.0 Å². The van der Waals surface area contributed by atoms with Crippen molar-refractivity contribution in [1.29, 1.82) is 5.26 Å². The van der Waals surface area contributed by atoms with Crippen molar-refractivity contribution >= 4 is 28.9 Å². The topological polar surface area (TPSA) is 105 Å². The van der Waals surface area contributed by atoms with Crippen LogP contribution in [0.5, 0.6) is 5.75 Å².